The molecule has 1 saturated heterocycles. The normalized spacial score (nSPS) is 20.8. The second-order valence-corrected chi connectivity index (χ2v) is 4.49. The van der Waals surface area contributed by atoms with E-state index in [4.69, 9.17) is 13.9 Å². The summed E-state index contributed by atoms with van der Waals surface area (Å²) in [7, 11) is 1.66. The maximum absolute atomic E-state index is 5.88. The molecule has 0 aliphatic carbocycles. The zero-order valence-corrected chi connectivity index (χ0v) is 10.4. The van der Waals surface area contributed by atoms with E-state index in [1.165, 1.54) is 0 Å². The minimum absolute atomic E-state index is 0.144. The van der Waals surface area contributed by atoms with Gasteiger partial charge in [0.15, 0.2) is 0 Å². The highest BCUT2D eigenvalue weighted by atomic mass is 16.5. The van der Waals surface area contributed by atoms with E-state index < -0.39 is 0 Å². The number of hydrogen-bond acceptors (Lipinski definition) is 4. The Balaban J connectivity index is 1.91. The van der Waals surface area contributed by atoms with Crippen molar-refractivity contribution in [3.8, 4) is 5.75 Å². The molecule has 1 atom stereocenters. The van der Waals surface area contributed by atoms with Gasteiger partial charge in [-0.3, -0.25) is 0 Å². The van der Waals surface area contributed by atoms with Crippen LogP contribution in [0.2, 0.25) is 0 Å². The summed E-state index contributed by atoms with van der Waals surface area (Å²) in [6.45, 7) is 2.44. The highest BCUT2D eigenvalue weighted by molar-refractivity contribution is 5.79. The van der Waals surface area contributed by atoms with Gasteiger partial charge in [0.05, 0.1) is 19.8 Å². The highest BCUT2D eigenvalue weighted by Crippen LogP contribution is 2.27. The molecule has 1 aliphatic rings. The summed E-state index contributed by atoms with van der Waals surface area (Å²) in [5, 5.41) is 4.53. The van der Waals surface area contributed by atoms with Gasteiger partial charge in [0.2, 0.25) is 0 Å². The fourth-order valence-electron chi connectivity index (χ4n) is 2.22. The summed E-state index contributed by atoms with van der Waals surface area (Å²) in [6.07, 6.45) is 1.05. The molecule has 0 radical (unpaired) electrons. The van der Waals surface area contributed by atoms with E-state index in [1.807, 2.05) is 18.2 Å². The summed E-state index contributed by atoms with van der Waals surface area (Å²) in [6, 6.07) is 8.08. The van der Waals surface area contributed by atoms with Gasteiger partial charge in [0.1, 0.15) is 17.1 Å². The Morgan fingerprint density at radius 2 is 2.28 bits per heavy atom. The van der Waals surface area contributed by atoms with E-state index in [9.17, 15) is 0 Å². The molecule has 2 aromatic rings. The van der Waals surface area contributed by atoms with Crippen molar-refractivity contribution in [3.63, 3.8) is 0 Å². The van der Waals surface area contributed by atoms with Gasteiger partial charge in [0, 0.05) is 18.1 Å². The van der Waals surface area contributed by atoms with Crippen LogP contribution < -0.4 is 10.1 Å². The second kappa shape index (κ2) is 5.00. The van der Waals surface area contributed by atoms with E-state index in [1.54, 1.807) is 7.11 Å². The van der Waals surface area contributed by atoms with Crippen molar-refractivity contribution in [3.05, 3.63) is 30.0 Å². The zero-order valence-electron chi connectivity index (χ0n) is 10.4. The molecular weight excluding hydrogens is 230 g/mol. The molecule has 1 unspecified atom stereocenters. The number of methoxy groups -OCH3 is 1. The fourth-order valence-corrected chi connectivity index (χ4v) is 2.22. The summed E-state index contributed by atoms with van der Waals surface area (Å²) >= 11 is 0. The second-order valence-electron chi connectivity index (χ2n) is 4.49. The van der Waals surface area contributed by atoms with Crippen molar-refractivity contribution in [2.45, 2.75) is 12.5 Å². The Bertz CT molecular complexity index is 527. The van der Waals surface area contributed by atoms with Crippen molar-refractivity contribution in [1.82, 2.24) is 5.32 Å². The molecule has 0 saturated carbocycles. The summed E-state index contributed by atoms with van der Waals surface area (Å²) in [5.41, 5.74) is 0.857. The van der Waals surface area contributed by atoms with Crippen LogP contribution in [0, 0.1) is 0 Å². The average Bonchev–Trinajstić information content (AvgIpc) is 2.63. The van der Waals surface area contributed by atoms with E-state index in [-0.39, 0.29) is 6.04 Å². The van der Waals surface area contributed by atoms with Crippen molar-refractivity contribution >= 4 is 11.0 Å². The number of hydrogen-bond donors (Lipinski definition) is 1. The monoisotopic (exact) mass is 247 g/mol. The van der Waals surface area contributed by atoms with Crippen molar-refractivity contribution in [2.75, 3.05) is 26.9 Å². The lowest BCUT2D eigenvalue weighted by Crippen LogP contribution is -2.22. The molecule has 4 nitrogen and oxygen atoms in total. The number of benzene rings is 1. The molecule has 1 fully saturated rings. The smallest absolute Gasteiger partial charge is 0.138 e. The van der Waals surface area contributed by atoms with Crippen LogP contribution in [0.1, 0.15) is 18.2 Å². The first-order valence-corrected chi connectivity index (χ1v) is 6.25. The molecule has 0 spiro atoms. The van der Waals surface area contributed by atoms with E-state index in [2.05, 4.69) is 11.4 Å². The van der Waals surface area contributed by atoms with Gasteiger partial charge in [0.25, 0.3) is 0 Å². The molecule has 1 N–H and O–H groups in total. The number of ether oxygens (including phenoxy) is 2. The number of nitrogens with one attached hydrogen (secondary N) is 1. The third kappa shape index (κ3) is 2.21. The quantitative estimate of drug-likeness (QED) is 0.885. The topological polar surface area (TPSA) is 43.6 Å². The fraction of sp³-hybridized carbons (Fsp3) is 0.429. The average molecular weight is 247 g/mol. The van der Waals surface area contributed by atoms with Crippen LogP contribution in [0.4, 0.5) is 0 Å². The maximum Gasteiger partial charge on any atom is 0.138 e. The van der Waals surface area contributed by atoms with Gasteiger partial charge in [-0.15, -0.1) is 0 Å². The van der Waals surface area contributed by atoms with Gasteiger partial charge in [-0.2, -0.15) is 0 Å². The molecule has 3 rings (SSSR count). The standard InChI is InChI=1S/C14H17NO3/c1-16-11-4-3-10-7-14(18-13(10)8-11)12-9-17-6-2-5-15-12/h3-4,7-8,12,15H,2,5-6,9H2,1H3. The SMILES string of the molecule is COc1ccc2cc(C3COCCCN3)oc2c1. The van der Waals surface area contributed by atoms with Gasteiger partial charge in [-0.05, 0) is 31.2 Å². The highest BCUT2D eigenvalue weighted by Gasteiger charge is 2.18. The Morgan fingerprint density at radius 1 is 1.33 bits per heavy atom. The van der Waals surface area contributed by atoms with E-state index in [0.717, 1.165) is 42.1 Å². The van der Waals surface area contributed by atoms with Gasteiger partial charge in [-0.25, -0.2) is 0 Å². The Hall–Kier alpha value is -1.52. The van der Waals surface area contributed by atoms with Gasteiger partial charge in [-0.1, -0.05) is 0 Å². The number of furan rings is 1. The van der Waals surface area contributed by atoms with Crippen molar-refractivity contribution in [2.24, 2.45) is 0 Å². The van der Waals surface area contributed by atoms with Crippen LogP contribution in [0.25, 0.3) is 11.0 Å². The molecule has 2 heterocycles. The Kier molecular flexibility index (Phi) is 3.21. The van der Waals surface area contributed by atoms with Crippen LogP contribution >= 0.6 is 0 Å². The Morgan fingerprint density at radius 3 is 3.17 bits per heavy atom. The van der Waals surface area contributed by atoms with Crippen LogP contribution in [0.15, 0.2) is 28.7 Å². The van der Waals surface area contributed by atoms with Crippen LogP contribution in [-0.2, 0) is 4.74 Å². The molecule has 1 aliphatic heterocycles. The minimum Gasteiger partial charge on any atom is -0.497 e. The van der Waals surface area contributed by atoms with Crippen LogP contribution in [-0.4, -0.2) is 26.9 Å². The first-order chi connectivity index (χ1) is 8.86. The first kappa shape index (κ1) is 11.6. The van der Waals surface area contributed by atoms with Gasteiger partial charge >= 0.3 is 0 Å². The van der Waals surface area contributed by atoms with Crippen molar-refractivity contribution in [1.29, 1.82) is 0 Å². The van der Waals surface area contributed by atoms with E-state index >= 15 is 0 Å². The molecule has 4 heteroatoms. The summed E-state index contributed by atoms with van der Waals surface area (Å²) in [5.74, 6) is 1.74. The number of fused-ring (bicyclic) bond motifs is 1. The molecule has 18 heavy (non-hydrogen) atoms. The predicted molar refractivity (Wildman–Crippen MR) is 68.9 cm³/mol. The van der Waals surface area contributed by atoms with Gasteiger partial charge < -0.3 is 19.2 Å². The third-order valence-electron chi connectivity index (χ3n) is 3.23. The van der Waals surface area contributed by atoms with E-state index in [0.29, 0.717) is 6.61 Å². The molecule has 1 aromatic heterocycles. The largest absolute Gasteiger partial charge is 0.497 e. The zero-order chi connectivity index (χ0) is 12.4. The minimum atomic E-state index is 0.144. The lowest BCUT2D eigenvalue weighted by molar-refractivity contribution is 0.126. The lowest BCUT2D eigenvalue weighted by atomic mass is 10.2. The van der Waals surface area contributed by atoms with Crippen molar-refractivity contribution < 1.29 is 13.9 Å². The predicted octanol–water partition coefficient (Wildman–Crippen LogP) is 2.49. The third-order valence-corrected chi connectivity index (χ3v) is 3.23. The van der Waals surface area contributed by atoms with Crippen LogP contribution in [0.3, 0.4) is 0 Å². The Labute approximate surface area is 106 Å². The lowest BCUT2D eigenvalue weighted by Gasteiger charge is -2.11. The molecule has 0 amide bonds. The van der Waals surface area contributed by atoms with Crippen LogP contribution in [0.5, 0.6) is 5.75 Å². The molecule has 1 aromatic carbocycles. The summed E-state index contributed by atoms with van der Waals surface area (Å²) in [4.78, 5) is 0. The first-order valence-electron chi connectivity index (χ1n) is 6.25. The maximum atomic E-state index is 5.88. The molecule has 96 valence electrons. The molecule has 0 bridgehead atoms. The number of rotatable bonds is 2. The summed E-state index contributed by atoms with van der Waals surface area (Å²) < 4.78 is 16.6. The molecular formula is C14H17NO3.